The third kappa shape index (κ3) is 16.9. The zero-order valence-electron chi connectivity index (χ0n) is 10.5. The third-order valence-corrected chi connectivity index (χ3v) is 4.58. The average molecular weight is 276 g/mol. The monoisotopic (exact) mass is 275 g/mol. The van der Waals surface area contributed by atoms with Crippen LogP contribution in [0.3, 0.4) is 0 Å². The molecule has 0 bridgehead atoms. The summed E-state index contributed by atoms with van der Waals surface area (Å²) in [5.41, 5.74) is 0. The van der Waals surface area contributed by atoms with Crippen LogP contribution in [0.5, 0.6) is 0 Å². The van der Waals surface area contributed by atoms with E-state index in [0.29, 0.717) is 7.92 Å². The number of hydrogen-bond acceptors (Lipinski definition) is 0. The van der Waals surface area contributed by atoms with Gasteiger partial charge >= 0.3 is 17.1 Å². The molecule has 1 radical (unpaired) electrons. The maximum absolute atomic E-state index is 3.25. The standard InChI is InChI=1S/C6H15P.C5H5.C2H5.Cu/c1-4-7(5-2)6-3;1-2-4-5-3-1;1-2;/h4-6H2,1-3H3;1-5H;1H2,2H3;/q;2*-1;+2. The molecule has 0 atom stereocenters. The van der Waals surface area contributed by atoms with Crippen LogP contribution in [0.4, 0.5) is 0 Å². The molecule has 15 heavy (non-hydrogen) atoms. The Morgan fingerprint density at radius 1 is 0.933 bits per heavy atom. The van der Waals surface area contributed by atoms with Gasteiger partial charge in [0.1, 0.15) is 0 Å². The second-order valence-corrected chi connectivity index (χ2v) is 5.82. The Labute approximate surface area is 108 Å². The Morgan fingerprint density at radius 3 is 1.33 bits per heavy atom. The molecule has 0 saturated carbocycles. The van der Waals surface area contributed by atoms with E-state index in [4.69, 9.17) is 0 Å². The largest absolute Gasteiger partial charge is 2.00 e. The van der Waals surface area contributed by atoms with Gasteiger partial charge < -0.3 is 6.92 Å². The van der Waals surface area contributed by atoms with E-state index in [1.54, 1.807) is 6.92 Å². The molecule has 0 fully saturated rings. The number of hydrogen-bond donors (Lipinski definition) is 0. The Bertz CT molecular complexity index is 123. The van der Waals surface area contributed by atoms with Crippen molar-refractivity contribution in [1.82, 2.24) is 0 Å². The first-order valence-corrected chi connectivity index (χ1v) is 7.34. The zero-order valence-corrected chi connectivity index (χ0v) is 12.3. The number of rotatable bonds is 3. The fourth-order valence-corrected chi connectivity index (χ4v) is 2.33. The van der Waals surface area contributed by atoms with Gasteiger partial charge in [0.05, 0.1) is 0 Å². The minimum Gasteiger partial charge on any atom is -0.346 e. The SMILES string of the molecule is CCP(CC)CC.[CH2-]C.[Cu+2].c1cc[cH-]c1. The molecule has 0 saturated heterocycles. The maximum atomic E-state index is 3.25. The van der Waals surface area contributed by atoms with Gasteiger partial charge in [0, 0.05) is 0 Å². The van der Waals surface area contributed by atoms with Crippen molar-refractivity contribution in [2.75, 3.05) is 18.5 Å². The Morgan fingerprint density at radius 2 is 1.27 bits per heavy atom. The van der Waals surface area contributed by atoms with Crippen LogP contribution in [0.15, 0.2) is 30.3 Å². The van der Waals surface area contributed by atoms with E-state index in [0.717, 1.165) is 0 Å². The van der Waals surface area contributed by atoms with Gasteiger partial charge in [0.15, 0.2) is 0 Å². The molecule has 93 valence electrons. The molecule has 0 aliphatic carbocycles. The zero-order chi connectivity index (χ0) is 11.2. The molecule has 0 amide bonds. The summed E-state index contributed by atoms with van der Waals surface area (Å²) in [4.78, 5) is 0. The van der Waals surface area contributed by atoms with E-state index in [-0.39, 0.29) is 17.1 Å². The first-order chi connectivity index (χ1) is 6.85. The van der Waals surface area contributed by atoms with Crippen molar-refractivity contribution < 1.29 is 17.1 Å². The average Bonchev–Trinajstić information content (AvgIpc) is 2.82. The smallest absolute Gasteiger partial charge is 0.346 e. The molecule has 0 aliphatic rings. The summed E-state index contributed by atoms with van der Waals surface area (Å²) >= 11 is 0. The van der Waals surface area contributed by atoms with Crippen molar-refractivity contribution in [3.05, 3.63) is 37.3 Å². The molecule has 0 heterocycles. The third-order valence-electron chi connectivity index (χ3n) is 1.90. The van der Waals surface area contributed by atoms with Crippen LogP contribution in [-0.2, 0) is 17.1 Å². The first-order valence-electron chi connectivity index (χ1n) is 5.44. The fourth-order valence-electron chi connectivity index (χ4n) is 0.992. The topological polar surface area (TPSA) is 0 Å². The molecule has 2 heteroatoms. The predicted molar refractivity (Wildman–Crippen MR) is 71.6 cm³/mol. The molecule has 0 unspecified atom stereocenters. The summed E-state index contributed by atoms with van der Waals surface area (Å²) in [6, 6.07) is 10.0. The quantitative estimate of drug-likeness (QED) is 0.423. The van der Waals surface area contributed by atoms with Gasteiger partial charge in [0.25, 0.3) is 0 Å². The van der Waals surface area contributed by atoms with E-state index < -0.39 is 0 Å². The summed E-state index contributed by atoms with van der Waals surface area (Å²) in [5.74, 6) is 0. The summed E-state index contributed by atoms with van der Waals surface area (Å²) in [5, 5.41) is 0. The molecular weight excluding hydrogens is 251 g/mol. The molecule has 0 aromatic heterocycles. The van der Waals surface area contributed by atoms with E-state index in [9.17, 15) is 0 Å². The van der Waals surface area contributed by atoms with Gasteiger partial charge in [-0.1, -0.05) is 20.8 Å². The van der Waals surface area contributed by atoms with Crippen molar-refractivity contribution in [3.8, 4) is 0 Å². The first kappa shape index (κ1) is 20.7. The van der Waals surface area contributed by atoms with Gasteiger partial charge in [-0.05, 0) is 18.5 Å². The Kier molecular flexibility index (Phi) is 27.3. The minimum atomic E-state index is 0. The summed E-state index contributed by atoms with van der Waals surface area (Å²) in [6.07, 6.45) is 4.26. The van der Waals surface area contributed by atoms with Crippen molar-refractivity contribution in [3.63, 3.8) is 0 Å². The van der Waals surface area contributed by atoms with Gasteiger partial charge in [-0.15, -0.1) is 7.92 Å². The van der Waals surface area contributed by atoms with Crippen LogP contribution >= 0.6 is 7.92 Å². The van der Waals surface area contributed by atoms with Gasteiger partial charge in [-0.2, -0.15) is 25.1 Å². The molecule has 0 N–H and O–H groups in total. The van der Waals surface area contributed by atoms with Crippen LogP contribution < -0.4 is 0 Å². The van der Waals surface area contributed by atoms with Crippen molar-refractivity contribution in [1.29, 1.82) is 0 Å². The Hall–Kier alpha value is 0.299. The van der Waals surface area contributed by atoms with Crippen molar-refractivity contribution >= 4 is 7.92 Å². The predicted octanol–water partition coefficient (Wildman–Crippen LogP) is 4.77. The fraction of sp³-hybridized carbons (Fsp3) is 0.538. The van der Waals surface area contributed by atoms with Crippen LogP contribution in [0.25, 0.3) is 0 Å². The minimum absolute atomic E-state index is 0. The molecule has 0 spiro atoms. The molecule has 1 aromatic carbocycles. The second kappa shape index (κ2) is 19.8. The maximum Gasteiger partial charge on any atom is 2.00 e. The van der Waals surface area contributed by atoms with Gasteiger partial charge in [-0.3, -0.25) is 0 Å². The van der Waals surface area contributed by atoms with Gasteiger partial charge in [0.2, 0.25) is 0 Å². The Balaban J connectivity index is -0.000000159. The van der Waals surface area contributed by atoms with Crippen LogP contribution in [-0.4, -0.2) is 18.5 Å². The molecular formula is C13H25CuP. The van der Waals surface area contributed by atoms with E-state index >= 15 is 0 Å². The summed E-state index contributed by atoms with van der Waals surface area (Å²) < 4.78 is 0. The molecule has 0 aliphatic heterocycles. The normalized spacial score (nSPS) is 7.87. The van der Waals surface area contributed by atoms with Crippen molar-refractivity contribution in [2.24, 2.45) is 0 Å². The molecule has 1 rings (SSSR count). The van der Waals surface area contributed by atoms with Gasteiger partial charge in [-0.25, -0.2) is 12.1 Å². The second-order valence-electron chi connectivity index (χ2n) is 2.58. The summed E-state index contributed by atoms with van der Waals surface area (Å²) in [6.45, 7) is 11.9. The van der Waals surface area contributed by atoms with E-state index in [2.05, 4.69) is 27.7 Å². The molecule has 0 nitrogen and oxygen atoms in total. The van der Waals surface area contributed by atoms with Crippen LogP contribution in [0, 0.1) is 6.92 Å². The van der Waals surface area contributed by atoms with E-state index in [1.807, 2.05) is 30.3 Å². The van der Waals surface area contributed by atoms with E-state index in [1.165, 1.54) is 18.5 Å². The summed E-state index contributed by atoms with van der Waals surface area (Å²) in [7, 11) is 0.446. The molecule has 1 aromatic rings. The van der Waals surface area contributed by atoms with Crippen LogP contribution in [0.1, 0.15) is 27.7 Å². The van der Waals surface area contributed by atoms with Crippen molar-refractivity contribution in [2.45, 2.75) is 27.7 Å². The van der Waals surface area contributed by atoms with Crippen LogP contribution in [0.2, 0.25) is 0 Å².